The van der Waals surface area contributed by atoms with E-state index < -0.39 is 0 Å². The van der Waals surface area contributed by atoms with E-state index in [-0.39, 0.29) is 11.8 Å². The first-order valence-electron chi connectivity index (χ1n) is 10.1. The summed E-state index contributed by atoms with van der Waals surface area (Å²) in [6.45, 7) is 3.79. The molecule has 0 aliphatic heterocycles. The number of aromatic nitrogens is 2. The molecule has 4 rings (SSSR count). The van der Waals surface area contributed by atoms with Crippen LogP contribution in [0.25, 0.3) is 11.8 Å². The molecule has 7 heteroatoms. The Morgan fingerprint density at radius 1 is 0.938 bits per heavy atom. The number of amides is 2. The normalized spacial score (nSPS) is 10.9. The first-order chi connectivity index (χ1) is 15.5. The van der Waals surface area contributed by atoms with Gasteiger partial charge in [-0.2, -0.15) is 5.10 Å². The third-order valence-electron chi connectivity index (χ3n) is 4.89. The third-order valence-corrected chi connectivity index (χ3v) is 5.72. The molecule has 0 aliphatic rings. The Kier molecular flexibility index (Phi) is 6.28. The quantitative estimate of drug-likeness (QED) is 0.390. The van der Waals surface area contributed by atoms with Crippen LogP contribution >= 0.6 is 11.3 Å². The topological polar surface area (TPSA) is 76.0 Å². The Balaban J connectivity index is 1.42. The molecule has 0 saturated carbocycles. The lowest BCUT2D eigenvalue weighted by Crippen LogP contribution is -2.13. The van der Waals surface area contributed by atoms with E-state index in [9.17, 15) is 9.59 Å². The van der Waals surface area contributed by atoms with E-state index in [1.54, 1.807) is 41.7 Å². The summed E-state index contributed by atoms with van der Waals surface area (Å²) in [7, 11) is 0. The molecule has 160 valence electrons. The second-order valence-corrected chi connectivity index (χ2v) is 8.14. The first-order valence-corrected chi connectivity index (χ1v) is 10.9. The Bertz CT molecular complexity index is 1260. The van der Waals surface area contributed by atoms with E-state index in [4.69, 9.17) is 0 Å². The minimum Gasteiger partial charge on any atom is -0.323 e. The summed E-state index contributed by atoms with van der Waals surface area (Å²) in [6, 6.07) is 20.4. The fourth-order valence-corrected chi connectivity index (χ4v) is 3.88. The molecule has 0 aliphatic carbocycles. The highest BCUT2D eigenvalue weighted by molar-refractivity contribution is 7.10. The van der Waals surface area contributed by atoms with Gasteiger partial charge in [0.2, 0.25) is 5.91 Å². The molecule has 0 saturated heterocycles. The van der Waals surface area contributed by atoms with Gasteiger partial charge in [0, 0.05) is 22.2 Å². The number of hydrogen-bond acceptors (Lipinski definition) is 4. The first kappa shape index (κ1) is 21.3. The third kappa shape index (κ3) is 4.84. The van der Waals surface area contributed by atoms with Crippen molar-refractivity contribution in [3.05, 3.63) is 100 Å². The molecule has 0 fully saturated rings. The summed E-state index contributed by atoms with van der Waals surface area (Å²) in [4.78, 5) is 25.9. The number of carbonyl (C=O) groups is 2. The molecule has 0 spiro atoms. The van der Waals surface area contributed by atoms with Gasteiger partial charge in [0.1, 0.15) is 0 Å². The van der Waals surface area contributed by atoms with E-state index in [1.807, 2.05) is 66.4 Å². The molecule has 0 unspecified atom stereocenters. The second kappa shape index (κ2) is 9.45. The molecule has 4 aromatic rings. The number of aryl methyl sites for hydroxylation is 1. The summed E-state index contributed by atoms with van der Waals surface area (Å²) in [6.07, 6.45) is 3.25. The molecule has 0 bridgehead atoms. The standard InChI is InChI=1S/C25H22N4O2S/c1-17-24(18(2)29(28-17)21-7-4-3-5-8-21)27-25(31)19-10-12-20(13-11-19)26-23(30)15-14-22-9-6-16-32-22/h3-16H,1-2H3,(H,26,30)(H,27,31)/b15-14+. The fraction of sp³-hybridized carbons (Fsp3) is 0.0800. The zero-order valence-electron chi connectivity index (χ0n) is 17.7. The molecular weight excluding hydrogens is 420 g/mol. The highest BCUT2D eigenvalue weighted by atomic mass is 32.1. The molecule has 2 heterocycles. The Morgan fingerprint density at radius 2 is 1.69 bits per heavy atom. The lowest BCUT2D eigenvalue weighted by Gasteiger charge is -2.08. The maximum absolute atomic E-state index is 12.8. The highest BCUT2D eigenvalue weighted by Gasteiger charge is 2.16. The van der Waals surface area contributed by atoms with Crippen LogP contribution in [0.15, 0.2) is 78.2 Å². The van der Waals surface area contributed by atoms with E-state index in [0.29, 0.717) is 16.9 Å². The minimum absolute atomic E-state index is 0.227. The molecule has 2 amide bonds. The Morgan fingerprint density at radius 3 is 2.38 bits per heavy atom. The van der Waals surface area contributed by atoms with Gasteiger partial charge in [-0.1, -0.05) is 24.3 Å². The van der Waals surface area contributed by atoms with Gasteiger partial charge in [0.05, 0.1) is 22.8 Å². The number of thiophene rings is 1. The molecule has 0 atom stereocenters. The van der Waals surface area contributed by atoms with Gasteiger partial charge in [-0.3, -0.25) is 9.59 Å². The van der Waals surface area contributed by atoms with Gasteiger partial charge in [-0.05, 0) is 67.8 Å². The van der Waals surface area contributed by atoms with E-state index in [1.165, 1.54) is 6.08 Å². The minimum atomic E-state index is -0.237. The number of nitrogens with zero attached hydrogens (tertiary/aromatic N) is 2. The van der Waals surface area contributed by atoms with Gasteiger partial charge in [-0.15, -0.1) is 11.3 Å². The number of hydrogen-bond donors (Lipinski definition) is 2. The predicted octanol–water partition coefficient (Wildman–Crippen LogP) is 5.45. The molecule has 2 N–H and O–H groups in total. The van der Waals surface area contributed by atoms with Crippen molar-refractivity contribution in [1.29, 1.82) is 0 Å². The van der Waals surface area contributed by atoms with Crippen LogP contribution in [0.5, 0.6) is 0 Å². The molecule has 6 nitrogen and oxygen atoms in total. The van der Waals surface area contributed by atoms with Crippen molar-refractivity contribution in [2.24, 2.45) is 0 Å². The largest absolute Gasteiger partial charge is 0.323 e. The number of para-hydroxylation sites is 1. The van der Waals surface area contributed by atoms with Gasteiger partial charge >= 0.3 is 0 Å². The zero-order valence-corrected chi connectivity index (χ0v) is 18.5. The Labute approximate surface area is 190 Å². The average molecular weight is 443 g/mol. The fourth-order valence-electron chi connectivity index (χ4n) is 3.26. The van der Waals surface area contributed by atoms with E-state index >= 15 is 0 Å². The number of carbonyl (C=O) groups excluding carboxylic acids is 2. The Hall–Kier alpha value is -3.97. The van der Waals surface area contributed by atoms with Gasteiger partial charge in [-0.25, -0.2) is 4.68 Å². The van der Waals surface area contributed by atoms with Crippen molar-refractivity contribution in [2.75, 3.05) is 10.6 Å². The van der Waals surface area contributed by atoms with Crippen molar-refractivity contribution < 1.29 is 9.59 Å². The van der Waals surface area contributed by atoms with Crippen LogP contribution in [0.2, 0.25) is 0 Å². The van der Waals surface area contributed by atoms with Crippen molar-refractivity contribution in [3.8, 4) is 5.69 Å². The van der Waals surface area contributed by atoms with Crippen molar-refractivity contribution >= 4 is 40.6 Å². The summed E-state index contributed by atoms with van der Waals surface area (Å²) in [5.74, 6) is -0.463. The maximum atomic E-state index is 12.8. The van der Waals surface area contributed by atoms with Gasteiger partial charge in [0.15, 0.2) is 0 Å². The van der Waals surface area contributed by atoms with Gasteiger partial charge in [0.25, 0.3) is 5.91 Å². The van der Waals surface area contributed by atoms with E-state index in [0.717, 1.165) is 22.0 Å². The summed E-state index contributed by atoms with van der Waals surface area (Å²) in [5, 5.41) is 12.3. The number of anilines is 2. The van der Waals surface area contributed by atoms with Gasteiger partial charge < -0.3 is 10.6 Å². The van der Waals surface area contributed by atoms with E-state index in [2.05, 4.69) is 15.7 Å². The van der Waals surface area contributed by atoms with Crippen LogP contribution < -0.4 is 10.6 Å². The van der Waals surface area contributed by atoms with Crippen LogP contribution in [-0.2, 0) is 4.79 Å². The van der Waals surface area contributed by atoms with Crippen molar-refractivity contribution in [1.82, 2.24) is 9.78 Å². The summed E-state index contributed by atoms with van der Waals surface area (Å²) >= 11 is 1.56. The van der Waals surface area contributed by atoms with Crippen LogP contribution in [0.4, 0.5) is 11.4 Å². The average Bonchev–Trinajstić information content (AvgIpc) is 3.42. The lowest BCUT2D eigenvalue weighted by molar-refractivity contribution is -0.111. The molecular formula is C25H22N4O2S. The number of benzene rings is 2. The molecule has 0 radical (unpaired) electrons. The monoisotopic (exact) mass is 442 g/mol. The maximum Gasteiger partial charge on any atom is 0.255 e. The summed E-state index contributed by atoms with van der Waals surface area (Å²) < 4.78 is 1.81. The second-order valence-electron chi connectivity index (χ2n) is 7.16. The van der Waals surface area contributed by atoms with Crippen molar-refractivity contribution in [2.45, 2.75) is 13.8 Å². The highest BCUT2D eigenvalue weighted by Crippen LogP contribution is 2.23. The molecule has 2 aromatic heterocycles. The van der Waals surface area contributed by atoms with Crippen LogP contribution in [0.1, 0.15) is 26.6 Å². The van der Waals surface area contributed by atoms with Crippen molar-refractivity contribution in [3.63, 3.8) is 0 Å². The number of rotatable bonds is 6. The SMILES string of the molecule is Cc1nn(-c2ccccc2)c(C)c1NC(=O)c1ccc(NC(=O)/C=C/c2cccs2)cc1. The van der Waals surface area contributed by atoms with Crippen LogP contribution in [0, 0.1) is 13.8 Å². The lowest BCUT2D eigenvalue weighted by atomic mass is 10.2. The molecule has 32 heavy (non-hydrogen) atoms. The molecule has 2 aromatic carbocycles. The zero-order chi connectivity index (χ0) is 22.5. The smallest absolute Gasteiger partial charge is 0.255 e. The van der Waals surface area contributed by atoms with Crippen LogP contribution in [-0.4, -0.2) is 21.6 Å². The summed E-state index contributed by atoms with van der Waals surface area (Å²) in [5.41, 5.74) is 4.32. The predicted molar refractivity (Wildman–Crippen MR) is 129 cm³/mol. The number of nitrogens with one attached hydrogen (secondary N) is 2. The van der Waals surface area contributed by atoms with Crippen LogP contribution in [0.3, 0.4) is 0 Å².